The Morgan fingerprint density at radius 2 is 1.56 bits per heavy atom. The summed E-state index contributed by atoms with van der Waals surface area (Å²) in [6.45, 7) is 7.51. The van der Waals surface area contributed by atoms with Gasteiger partial charge in [-0.3, -0.25) is 4.57 Å². The van der Waals surface area contributed by atoms with Gasteiger partial charge in [0.05, 0.1) is 26.4 Å². The number of para-hydroxylation sites is 1. The predicted molar refractivity (Wildman–Crippen MR) is 129 cm³/mol. The summed E-state index contributed by atoms with van der Waals surface area (Å²) in [6, 6.07) is 20.0. The lowest BCUT2D eigenvalue weighted by molar-refractivity contribution is 0.480. The van der Waals surface area contributed by atoms with Crippen molar-refractivity contribution in [3.63, 3.8) is 0 Å². The molecule has 1 heterocycles. The summed E-state index contributed by atoms with van der Waals surface area (Å²) in [5.41, 5.74) is 2.57. The average Bonchev–Trinajstić information content (AvgIpc) is 3.15. The van der Waals surface area contributed by atoms with Crippen LogP contribution in [0, 0.1) is 0 Å². The first-order chi connectivity index (χ1) is 15.2. The number of hydrogen-bond donors (Lipinski definition) is 0. The summed E-state index contributed by atoms with van der Waals surface area (Å²) in [5.74, 6) is 2.14. The number of halogens is 1. The minimum atomic E-state index is -3.38. The molecule has 0 amide bonds. The molecule has 7 heteroatoms. The zero-order valence-electron chi connectivity index (χ0n) is 18.4. The molecule has 0 saturated carbocycles. The number of rotatable bonds is 6. The van der Waals surface area contributed by atoms with Crippen LogP contribution in [0.15, 0.2) is 71.6 Å². The largest absolute Gasteiger partial charge is 0.457 e. The molecule has 0 unspecified atom stereocenters. The van der Waals surface area contributed by atoms with E-state index in [-0.39, 0.29) is 10.8 Å². The quantitative estimate of drug-likeness (QED) is 0.313. The molecule has 32 heavy (non-hydrogen) atoms. The van der Waals surface area contributed by atoms with Crippen molar-refractivity contribution in [3.05, 3.63) is 77.6 Å². The number of benzene rings is 3. The van der Waals surface area contributed by atoms with Gasteiger partial charge in [-0.1, -0.05) is 43.6 Å². The van der Waals surface area contributed by atoms with Gasteiger partial charge in [-0.2, -0.15) is 0 Å². The van der Waals surface area contributed by atoms with Gasteiger partial charge in [0.25, 0.3) is 0 Å². The number of nitrogens with zero attached hydrogens (tertiary/aromatic N) is 2. The molecule has 0 aliphatic rings. The van der Waals surface area contributed by atoms with Gasteiger partial charge in [-0.25, -0.2) is 13.4 Å². The fourth-order valence-electron chi connectivity index (χ4n) is 3.55. The summed E-state index contributed by atoms with van der Waals surface area (Å²) in [4.78, 5) is 5.03. The highest BCUT2D eigenvalue weighted by atomic mass is 35.5. The highest BCUT2D eigenvalue weighted by Crippen LogP contribution is 2.32. The SMILES string of the molecule is CC(C)c1nc2c(Cl)cccc2n1-c1cccc(Oc2cccc(S(=O)(=O)C(C)C)c2)c1. The molecule has 0 aliphatic heterocycles. The third kappa shape index (κ3) is 4.12. The van der Waals surface area contributed by atoms with Gasteiger partial charge < -0.3 is 4.74 Å². The number of ether oxygens (including phenoxy) is 1. The Morgan fingerprint density at radius 1 is 0.906 bits per heavy atom. The van der Waals surface area contributed by atoms with Crippen LogP contribution in [0.25, 0.3) is 16.7 Å². The van der Waals surface area contributed by atoms with Crippen LogP contribution >= 0.6 is 11.6 Å². The standard InChI is InChI=1S/C25H25ClN2O3S/c1-16(2)25-27-24-22(26)12-7-13-23(24)28(25)18-8-5-9-19(14-18)31-20-10-6-11-21(15-20)32(29,30)17(3)4/h5-17H,1-4H3. The molecular formula is C25H25ClN2O3S. The van der Waals surface area contributed by atoms with E-state index in [1.165, 1.54) is 0 Å². The molecule has 0 aliphatic carbocycles. The van der Waals surface area contributed by atoms with Gasteiger partial charge in [0.1, 0.15) is 22.8 Å². The van der Waals surface area contributed by atoms with E-state index < -0.39 is 15.1 Å². The van der Waals surface area contributed by atoms with Crippen LogP contribution in [-0.4, -0.2) is 23.2 Å². The Hall–Kier alpha value is -2.83. The Bertz CT molecular complexity index is 1390. The van der Waals surface area contributed by atoms with E-state index in [0.29, 0.717) is 16.5 Å². The van der Waals surface area contributed by atoms with Crippen molar-refractivity contribution in [2.45, 2.75) is 43.8 Å². The topological polar surface area (TPSA) is 61.2 Å². The van der Waals surface area contributed by atoms with Crippen molar-refractivity contribution < 1.29 is 13.2 Å². The van der Waals surface area contributed by atoms with Crippen LogP contribution in [0.3, 0.4) is 0 Å². The molecule has 0 spiro atoms. The zero-order valence-corrected chi connectivity index (χ0v) is 20.0. The van der Waals surface area contributed by atoms with Crippen LogP contribution in [0.2, 0.25) is 5.02 Å². The second-order valence-corrected chi connectivity index (χ2v) is 11.1. The van der Waals surface area contributed by atoms with Crippen LogP contribution in [0.5, 0.6) is 11.5 Å². The average molecular weight is 469 g/mol. The normalized spacial score (nSPS) is 12.1. The molecule has 4 rings (SSSR count). The summed E-state index contributed by atoms with van der Waals surface area (Å²) in [6.07, 6.45) is 0. The Kier molecular flexibility index (Phi) is 6.01. The molecule has 1 aromatic heterocycles. The second-order valence-electron chi connectivity index (χ2n) is 8.24. The van der Waals surface area contributed by atoms with E-state index in [1.54, 1.807) is 38.1 Å². The number of imidazole rings is 1. The minimum Gasteiger partial charge on any atom is -0.457 e. The summed E-state index contributed by atoms with van der Waals surface area (Å²) in [7, 11) is -3.38. The molecule has 3 aromatic carbocycles. The molecule has 0 radical (unpaired) electrons. The maximum atomic E-state index is 12.5. The smallest absolute Gasteiger partial charge is 0.180 e. The lowest BCUT2D eigenvalue weighted by atomic mass is 10.2. The summed E-state index contributed by atoms with van der Waals surface area (Å²) in [5, 5.41) is 0.107. The van der Waals surface area contributed by atoms with E-state index in [9.17, 15) is 8.42 Å². The molecule has 4 aromatic rings. The lowest BCUT2D eigenvalue weighted by Gasteiger charge is -2.14. The first-order valence-electron chi connectivity index (χ1n) is 10.5. The summed E-state index contributed by atoms with van der Waals surface area (Å²) < 4.78 is 33.2. The highest BCUT2D eigenvalue weighted by Gasteiger charge is 2.20. The van der Waals surface area contributed by atoms with Gasteiger partial charge in [0.15, 0.2) is 9.84 Å². The van der Waals surface area contributed by atoms with Crippen LogP contribution in [0.4, 0.5) is 0 Å². The van der Waals surface area contributed by atoms with E-state index in [2.05, 4.69) is 18.4 Å². The fraction of sp³-hybridized carbons (Fsp3) is 0.240. The predicted octanol–water partition coefficient (Wildman–Crippen LogP) is 6.78. The molecule has 0 atom stereocenters. The van der Waals surface area contributed by atoms with Crippen molar-refractivity contribution in [3.8, 4) is 17.2 Å². The van der Waals surface area contributed by atoms with Crippen molar-refractivity contribution in [1.29, 1.82) is 0 Å². The zero-order chi connectivity index (χ0) is 23.0. The van der Waals surface area contributed by atoms with Crippen molar-refractivity contribution in [2.75, 3.05) is 0 Å². The first kappa shape index (κ1) is 22.4. The molecule has 0 bridgehead atoms. The third-order valence-corrected chi connectivity index (χ3v) is 7.70. The van der Waals surface area contributed by atoms with Crippen molar-refractivity contribution in [1.82, 2.24) is 9.55 Å². The molecule has 0 saturated heterocycles. The van der Waals surface area contributed by atoms with Gasteiger partial charge in [-0.15, -0.1) is 0 Å². The molecule has 166 valence electrons. The van der Waals surface area contributed by atoms with Gasteiger partial charge >= 0.3 is 0 Å². The second kappa shape index (κ2) is 8.60. The maximum absolute atomic E-state index is 12.5. The monoisotopic (exact) mass is 468 g/mol. The Morgan fingerprint density at radius 3 is 2.25 bits per heavy atom. The first-order valence-corrected chi connectivity index (χ1v) is 12.4. The van der Waals surface area contributed by atoms with E-state index in [0.717, 1.165) is 22.5 Å². The molecule has 5 nitrogen and oxygen atoms in total. The van der Waals surface area contributed by atoms with Crippen LogP contribution in [0.1, 0.15) is 39.4 Å². The van der Waals surface area contributed by atoms with Crippen molar-refractivity contribution >= 4 is 32.5 Å². The van der Waals surface area contributed by atoms with Crippen LogP contribution in [-0.2, 0) is 9.84 Å². The van der Waals surface area contributed by atoms with Gasteiger partial charge in [0.2, 0.25) is 0 Å². The van der Waals surface area contributed by atoms with E-state index >= 15 is 0 Å². The Balaban J connectivity index is 1.75. The Labute approximate surface area is 193 Å². The molecule has 0 fully saturated rings. The summed E-state index contributed by atoms with van der Waals surface area (Å²) >= 11 is 6.40. The number of hydrogen-bond acceptors (Lipinski definition) is 4. The number of aromatic nitrogens is 2. The number of fused-ring (bicyclic) bond motifs is 1. The third-order valence-electron chi connectivity index (χ3n) is 5.24. The maximum Gasteiger partial charge on any atom is 0.180 e. The highest BCUT2D eigenvalue weighted by molar-refractivity contribution is 7.92. The molecule has 0 N–H and O–H groups in total. The van der Waals surface area contributed by atoms with Crippen molar-refractivity contribution in [2.24, 2.45) is 0 Å². The van der Waals surface area contributed by atoms with Gasteiger partial charge in [0, 0.05) is 12.0 Å². The van der Waals surface area contributed by atoms with E-state index in [4.69, 9.17) is 21.3 Å². The van der Waals surface area contributed by atoms with E-state index in [1.807, 2.05) is 42.5 Å². The van der Waals surface area contributed by atoms with Crippen LogP contribution < -0.4 is 4.74 Å². The number of sulfone groups is 1. The lowest BCUT2D eigenvalue weighted by Crippen LogP contribution is -2.13. The molecular weight excluding hydrogens is 444 g/mol. The fourth-order valence-corrected chi connectivity index (χ4v) is 4.86. The van der Waals surface area contributed by atoms with Gasteiger partial charge in [-0.05, 0) is 56.3 Å². The minimum absolute atomic E-state index is 0.181.